The first-order valence-electron chi connectivity index (χ1n) is 12.5. The molecule has 0 aromatic carbocycles. The van der Waals surface area contributed by atoms with Crippen LogP contribution in [0.1, 0.15) is 136 Å². The van der Waals surface area contributed by atoms with Gasteiger partial charge in [-0.3, -0.25) is 5.09 Å². The molecule has 2 nitrogen and oxygen atoms in total. The van der Waals surface area contributed by atoms with Crippen LogP contribution in [0.25, 0.3) is 0 Å². The maximum absolute atomic E-state index is 13.0. The van der Waals surface area contributed by atoms with E-state index in [0.29, 0.717) is 0 Å². The lowest BCUT2D eigenvalue weighted by Crippen LogP contribution is -2.17. The van der Waals surface area contributed by atoms with E-state index in [4.69, 9.17) is 0 Å². The maximum Gasteiger partial charge on any atom is 0.147 e. The second-order valence-corrected chi connectivity index (χ2v) is 11.5. The third-order valence-corrected chi connectivity index (χ3v) is 8.55. The van der Waals surface area contributed by atoms with Crippen molar-refractivity contribution in [3.8, 4) is 0 Å². The summed E-state index contributed by atoms with van der Waals surface area (Å²) in [4.78, 5) is 0. The fourth-order valence-corrected chi connectivity index (χ4v) is 6.46. The molecule has 0 saturated carbocycles. The molecule has 0 bridgehead atoms. The number of hydrogen-bond donors (Lipinski definition) is 1. The Kier molecular flexibility index (Phi) is 21.1. The molecule has 0 aliphatic heterocycles. The van der Waals surface area contributed by atoms with Crippen LogP contribution in [0.15, 0.2) is 0 Å². The SMILES string of the molecule is CCCCCCCCCCCCCCCCNP(=O)(CCCC)CCCC. The Hall–Kier alpha value is 0.190. The van der Waals surface area contributed by atoms with Crippen molar-refractivity contribution in [3.05, 3.63) is 0 Å². The van der Waals surface area contributed by atoms with Crippen molar-refractivity contribution in [2.75, 3.05) is 18.9 Å². The average molecular weight is 402 g/mol. The Bertz CT molecular complexity index is 320. The van der Waals surface area contributed by atoms with Crippen LogP contribution in [0.3, 0.4) is 0 Å². The highest BCUT2D eigenvalue weighted by atomic mass is 31.2. The lowest BCUT2D eigenvalue weighted by Gasteiger charge is -2.19. The van der Waals surface area contributed by atoms with E-state index in [1.807, 2.05) is 0 Å². The van der Waals surface area contributed by atoms with Gasteiger partial charge in [-0.2, -0.15) is 0 Å². The van der Waals surface area contributed by atoms with E-state index >= 15 is 0 Å². The molecular weight excluding hydrogens is 349 g/mol. The molecule has 0 heterocycles. The molecular formula is C24H52NOP. The largest absolute Gasteiger partial charge is 0.307 e. The minimum absolute atomic E-state index is 0.905. The molecule has 0 fully saturated rings. The summed E-state index contributed by atoms with van der Waals surface area (Å²) in [6.07, 6.45) is 25.8. The van der Waals surface area contributed by atoms with Gasteiger partial charge in [-0.25, -0.2) is 0 Å². The summed E-state index contributed by atoms with van der Waals surface area (Å²) < 4.78 is 13.0. The zero-order chi connectivity index (χ0) is 20.1. The van der Waals surface area contributed by atoms with Gasteiger partial charge in [0.2, 0.25) is 0 Å². The van der Waals surface area contributed by atoms with Crippen molar-refractivity contribution in [2.24, 2.45) is 0 Å². The Labute approximate surface area is 172 Å². The molecule has 0 unspecified atom stereocenters. The van der Waals surface area contributed by atoms with Crippen LogP contribution in [0.4, 0.5) is 0 Å². The van der Waals surface area contributed by atoms with Crippen molar-refractivity contribution in [3.63, 3.8) is 0 Å². The molecule has 0 saturated heterocycles. The van der Waals surface area contributed by atoms with Crippen LogP contribution in [0, 0.1) is 0 Å². The quantitative estimate of drug-likeness (QED) is 0.145. The van der Waals surface area contributed by atoms with Crippen LogP contribution in [-0.2, 0) is 4.57 Å². The van der Waals surface area contributed by atoms with Gasteiger partial charge in [0.1, 0.15) is 7.29 Å². The zero-order valence-electron chi connectivity index (χ0n) is 19.2. The molecule has 0 atom stereocenters. The summed E-state index contributed by atoms with van der Waals surface area (Å²) >= 11 is 0. The predicted octanol–water partition coefficient (Wildman–Crippen LogP) is 8.94. The highest BCUT2D eigenvalue weighted by Crippen LogP contribution is 2.42. The summed E-state index contributed by atoms with van der Waals surface area (Å²) in [5.74, 6) is 0. The molecule has 164 valence electrons. The molecule has 27 heavy (non-hydrogen) atoms. The zero-order valence-corrected chi connectivity index (χ0v) is 20.1. The van der Waals surface area contributed by atoms with E-state index in [1.54, 1.807) is 0 Å². The lowest BCUT2D eigenvalue weighted by atomic mass is 10.0. The van der Waals surface area contributed by atoms with Gasteiger partial charge >= 0.3 is 0 Å². The third-order valence-electron chi connectivity index (χ3n) is 5.68. The normalized spacial score (nSPS) is 12.0. The monoisotopic (exact) mass is 401 g/mol. The summed E-state index contributed by atoms with van der Waals surface area (Å²) in [7, 11) is -2.09. The van der Waals surface area contributed by atoms with Crippen molar-refractivity contribution in [1.29, 1.82) is 0 Å². The summed E-state index contributed by atoms with van der Waals surface area (Å²) in [6, 6.07) is 0. The van der Waals surface area contributed by atoms with Crippen LogP contribution in [0.2, 0.25) is 0 Å². The van der Waals surface area contributed by atoms with Crippen molar-refractivity contribution < 1.29 is 4.57 Å². The van der Waals surface area contributed by atoms with Gasteiger partial charge in [0, 0.05) is 18.9 Å². The van der Waals surface area contributed by atoms with Crippen LogP contribution in [-0.4, -0.2) is 18.9 Å². The van der Waals surface area contributed by atoms with E-state index in [2.05, 4.69) is 25.9 Å². The fraction of sp³-hybridized carbons (Fsp3) is 1.00. The number of unbranched alkanes of at least 4 members (excludes halogenated alkanes) is 15. The van der Waals surface area contributed by atoms with E-state index < -0.39 is 7.29 Å². The highest BCUT2D eigenvalue weighted by molar-refractivity contribution is 7.61. The summed E-state index contributed by atoms with van der Waals surface area (Å²) in [6.45, 7) is 7.63. The number of hydrogen-bond acceptors (Lipinski definition) is 1. The van der Waals surface area contributed by atoms with E-state index in [1.165, 1.54) is 89.9 Å². The van der Waals surface area contributed by atoms with E-state index in [-0.39, 0.29) is 0 Å². The van der Waals surface area contributed by atoms with Crippen LogP contribution < -0.4 is 5.09 Å². The first-order valence-corrected chi connectivity index (χ1v) is 14.6. The Morgan fingerprint density at radius 3 is 1.19 bits per heavy atom. The molecule has 0 aliphatic rings. The fourth-order valence-electron chi connectivity index (χ4n) is 3.70. The highest BCUT2D eigenvalue weighted by Gasteiger charge is 2.19. The standard InChI is InChI=1S/C24H52NOP/c1-4-7-10-11-12-13-14-15-16-17-18-19-20-21-22-25-27(26,23-8-5-2)24-9-6-3/h4-24H2,1-3H3,(H,25,26). The molecule has 0 aromatic rings. The molecule has 0 rings (SSSR count). The van der Waals surface area contributed by atoms with Crippen molar-refractivity contribution in [2.45, 2.75) is 136 Å². The topological polar surface area (TPSA) is 29.1 Å². The van der Waals surface area contributed by atoms with Crippen LogP contribution in [0.5, 0.6) is 0 Å². The Morgan fingerprint density at radius 2 is 0.815 bits per heavy atom. The first-order chi connectivity index (χ1) is 13.2. The smallest absolute Gasteiger partial charge is 0.147 e. The number of rotatable bonds is 22. The first kappa shape index (κ1) is 27.2. The Balaban J connectivity index is 3.43. The Morgan fingerprint density at radius 1 is 0.481 bits per heavy atom. The number of nitrogens with one attached hydrogen (secondary N) is 1. The average Bonchev–Trinajstić information content (AvgIpc) is 2.68. The molecule has 0 aromatic heterocycles. The predicted molar refractivity (Wildman–Crippen MR) is 125 cm³/mol. The van der Waals surface area contributed by atoms with Gasteiger partial charge in [0.15, 0.2) is 0 Å². The molecule has 0 radical (unpaired) electrons. The van der Waals surface area contributed by atoms with Crippen molar-refractivity contribution in [1.82, 2.24) is 5.09 Å². The third kappa shape index (κ3) is 19.3. The molecule has 0 spiro atoms. The minimum atomic E-state index is -2.09. The van der Waals surface area contributed by atoms with Gasteiger partial charge in [-0.1, -0.05) is 117 Å². The molecule has 0 amide bonds. The lowest BCUT2D eigenvalue weighted by molar-refractivity contribution is 0.532. The van der Waals surface area contributed by atoms with Crippen LogP contribution >= 0.6 is 7.29 Å². The van der Waals surface area contributed by atoms with Gasteiger partial charge in [-0.05, 0) is 19.3 Å². The van der Waals surface area contributed by atoms with Gasteiger partial charge in [0.25, 0.3) is 0 Å². The van der Waals surface area contributed by atoms with Gasteiger partial charge < -0.3 is 4.57 Å². The second-order valence-electron chi connectivity index (χ2n) is 8.55. The van der Waals surface area contributed by atoms with E-state index in [9.17, 15) is 4.57 Å². The molecule has 0 aliphatic carbocycles. The minimum Gasteiger partial charge on any atom is -0.307 e. The second kappa shape index (κ2) is 20.9. The van der Waals surface area contributed by atoms with E-state index in [0.717, 1.165) is 44.6 Å². The van der Waals surface area contributed by atoms with Gasteiger partial charge in [0.05, 0.1) is 0 Å². The summed E-state index contributed by atoms with van der Waals surface area (Å²) in [5, 5.41) is 3.46. The molecule has 3 heteroatoms. The maximum atomic E-state index is 13.0. The summed E-state index contributed by atoms with van der Waals surface area (Å²) in [5.41, 5.74) is 0. The van der Waals surface area contributed by atoms with Gasteiger partial charge in [-0.15, -0.1) is 0 Å². The molecule has 1 N–H and O–H groups in total. The van der Waals surface area contributed by atoms with Crippen molar-refractivity contribution >= 4 is 7.29 Å².